The highest BCUT2D eigenvalue weighted by Crippen LogP contribution is 2.27. The van der Waals surface area contributed by atoms with Crippen LogP contribution in [0.5, 0.6) is 0 Å². The van der Waals surface area contributed by atoms with Crippen molar-refractivity contribution in [3.63, 3.8) is 0 Å². The van der Waals surface area contributed by atoms with Gasteiger partial charge in [-0.2, -0.15) is 0 Å². The Bertz CT molecular complexity index is 1180. The van der Waals surface area contributed by atoms with E-state index < -0.39 is 5.92 Å². The van der Waals surface area contributed by atoms with E-state index in [-0.39, 0.29) is 36.7 Å². The molecule has 1 aliphatic heterocycles. The number of anilines is 2. The summed E-state index contributed by atoms with van der Waals surface area (Å²) in [5.41, 5.74) is 3.84. The molecular weight excluding hydrogens is 414 g/mol. The lowest BCUT2D eigenvalue weighted by Crippen LogP contribution is -2.34. The van der Waals surface area contributed by atoms with E-state index in [0.29, 0.717) is 16.9 Å². The zero-order valence-electron chi connectivity index (χ0n) is 18.7. The topological polar surface area (TPSA) is 78.5 Å². The minimum Gasteiger partial charge on any atom is -0.349 e. The van der Waals surface area contributed by atoms with Crippen LogP contribution in [-0.2, 0) is 9.59 Å². The number of aryl methyl sites for hydroxylation is 1. The number of hydrogen-bond acceptors (Lipinski definition) is 3. The number of benzene rings is 3. The summed E-state index contributed by atoms with van der Waals surface area (Å²) < 4.78 is 0. The first-order valence-electron chi connectivity index (χ1n) is 11.0. The van der Waals surface area contributed by atoms with Crippen molar-refractivity contribution >= 4 is 29.1 Å². The molecule has 4 rings (SSSR count). The minimum absolute atomic E-state index is 0.126. The molecule has 3 amide bonds. The van der Waals surface area contributed by atoms with E-state index in [1.807, 2.05) is 68.4 Å². The predicted molar refractivity (Wildman–Crippen MR) is 129 cm³/mol. The number of nitrogens with one attached hydrogen (secondary N) is 2. The van der Waals surface area contributed by atoms with Crippen LogP contribution >= 0.6 is 0 Å². The molecule has 1 fully saturated rings. The van der Waals surface area contributed by atoms with Crippen molar-refractivity contribution in [3.8, 4) is 0 Å². The van der Waals surface area contributed by atoms with Gasteiger partial charge >= 0.3 is 0 Å². The Morgan fingerprint density at radius 2 is 1.73 bits per heavy atom. The van der Waals surface area contributed by atoms with Gasteiger partial charge in [-0.25, -0.2) is 0 Å². The molecule has 6 nitrogen and oxygen atoms in total. The van der Waals surface area contributed by atoms with E-state index in [1.165, 1.54) is 0 Å². The van der Waals surface area contributed by atoms with Crippen LogP contribution in [0, 0.1) is 12.8 Å². The molecule has 0 aromatic heterocycles. The van der Waals surface area contributed by atoms with Gasteiger partial charge < -0.3 is 15.5 Å². The van der Waals surface area contributed by atoms with Crippen LogP contribution in [-0.4, -0.2) is 24.3 Å². The Morgan fingerprint density at radius 1 is 0.970 bits per heavy atom. The zero-order valence-corrected chi connectivity index (χ0v) is 18.7. The monoisotopic (exact) mass is 441 g/mol. The fourth-order valence-electron chi connectivity index (χ4n) is 4.03. The number of carbonyl (C=O) groups is 3. The Morgan fingerprint density at radius 3 is 2.48 bits per heavy atom. The molecule has 1 saturated heterocycles. The van der Waals surface area contributed by atoms with E-state index in [1.54, 1.807) is 29.2 Å². The highest BCUT2D eigenvalue weighted by Gasteiger charge is 2.35. The largest absolute Gasteiger partial charge is 0.349 e. The summed E-state index contributed by atoms with van der Waals surface area (Å²) in [6.07, 6.45) is 0.146. The first-order chi connectivity index (χ1) is 15.9. The van der Waals surface area contributed by atoms with Gasteiger partial charge in [0.1, 0.15) is 0 Å². The summed E-state index contributed by atoms with van der Waals surface area (Å²) in [6.45, 7) is 4.18. The van der Waals surface area contributed by atoms with Crippen LogP contribution in [0.3, 0.4) is 0 Å². The smallest absolute Gasteiger partial charge is 0.255 e. The molecule has 3 aromatic rings. The van der Waals surface area contributed by atoms with Crippen molar-refractivity contribution in [2.24, 2.45) is 5.92 Å². The van der Waals surface area contributed by atoms with Crippen molar-refractivity contribution < 1.29 is 14.4 Å². The third kappa shape index (κ3) is 5.29. The van der Waals surface area contributed by atoms with Gasteiger partial charge in [-0.05, 0) is 55.3 Å². The van der Waals surface area contributed by atoms with Gasteiger partial charge in [0.15, 0.2) is 0 Å². The van der Waals surface area contributed by atoms with E-state index >= 15 is 0 Å². The van der Waals surface area contributed by atoms with Gasteiger partial charge in [-0.3, -0.25) is 14.4 Å². The lowest BCUT2D eigenvalue weighted by molar-refractivity contribution is -0.126. The van der Waals surface area contributed by atoms with E-state index in [9.17, 15) is 14.4 Å². The van der Waals surface area contributed by atoms with Gasteiger partial charge in [0.05, 0.1) is 12.0 Å². The van der Waals surface area contributed by atoms with Gasteiger partial charge in [0.25, 0.3) is 5.91 Å². The molecule has 0 aliphatic carbocycles. The standard InChI is InChI=1S/C27H27N3O3/c1-18-8-6-12-23(14-18)29-26(32)21-11-7-13-24(15-21)30-17-22(16-25(30)31)27(33)28-19(2)20-9-4-3-5-10-20/h3-15,19,22H,16-17H2,1-2H3,(H,28,33)(H,29,32)/t19-,22-/m1/s1. The molecule has 0 spiro atoms. The summed E-state index contributed by atoms with van der Waals surface area (Å²) in [7, 11) is 0. The van der Waals surface area contributed by atoms with Gasteiger partial charge in [-0.1, -0.05) is 48.5 Å². The number of rotatable bonds is 6. The maximum atomic E-state index is 12.8. The van der Waals surface area contributed by atoms with Crippen LogP contribution in [0.15, 0.2) is 78.9 Å². The predicted octanol–water partition coefficient (Wildman–Crippen LogP) is 4.48. The van der Waals surface area contributed by atoms with E-state index in [2.05, 4.69) is 10.6 Å². The molecule has 0 saturated carbocycles. The second kappa shape index (κ2) is 9.69. The zero-order chi connectivity index (χ0) is 23.4. The summed E-state index contributed by atoms with van der Waals surface area (Å²) in [5.74, 6) is -0.956. The van der Waals surface area contributed by atoms with Crippen LogP contribution < -0.4 is 15.5 Å². The summed E-state index contributed by atoms with van der Waals surface area (Å²) in [4.78, 5) is 39.8. The first kappa shape index (κ1) is 22.3. The van der Waals surface area contributed by atoms with Crippen LogP contribution in [0.1, 0.15) is 40.9 Å². The highest BCUT2D eigenvalue weighted by atomic mass is 16.2. The molecule has 33 heavy (non-hydrogen) atoms. The Hall–Kier alpha value is -3.93. The summed E-state index contributed by atoms with van der Waals surface area (Å²) >= 11 is 0. The average Bonchev–Trinajstić information content (AvgIpc) is 3.21. The van der Waals surface area contributed by atoms with E-state index in [0.717, 1.165) is 11.1 Å². The Labute approximate surface area is 193 Å². The average molecular weight is 442 g/mol. The normalized spacial score (nSPS) is 16.4. The molecule has 2 N–H and O–H groups in total. The van der Waals surface area contributed by atoms with E-state index in [4.69, 9.17) is 0 Å². The maximum absolute atomic E-state index is 12.8. The molecule has 1 aliphatic rings. The van der Waals surface area contributed by atoms with Gasteiger partial charge in [0, 0.05) is 29.9 Å². The lowest BCUT2D eigenvalue weighted by Gasteiger charge is -2.19. The maximum Gasteiger partial charge on any atom is 0.255 e. The number of amides is 3. The molecule has 0 radical (unpaired) electrons. The second-order valence-electron chi connectivity index (χ2n) is 8.42. The second-order valence-corrected chi connectivity index (χ2v) is 8.42. The minimum atomic E-state index is -0.437. The molecule has 0 unspecified atom stereocenters. The van der Waals surface area contributed by atoms with Crippen molar-refractivity contribution in [2.75, 3.05) is 16.8 Å². The molecular formula is C27H27N3O3. The lowest BCUT2D eigenvalue weighted by atomic mass is 10.1. The summed E-state index contributed by atoms with van der Waals surface area (Å²) in [6, 6.07) is 24.1. The van der Waals surface area contributed by atoms with Crippen LogP contribution in [0.4, 0.5) is 11.4 Å². The van der Waals surface area contributed by atoms with Crippen LogP contribution in [0.2, 0.25) is 0 Å². The molecule has 2 atom stereocenters. The fourth-order valence-corrected chi connectivity index (χ4v) is 4.03. The number of hydrogen-bond donors (Lipinski definition) is 2. The summed E-state index contributed by atoms with van der Waals surface area (Å²) in [5, 5.41) is 5.90. The fraction of sp³-hybridized carbons (Fsp3) is 0.222. The molecule has 168 valence electrons. The Balaban J connectivity index is 1.42. The molecule has 3 aromatic carbocycles. The number of nitrogens with zero attached hydrogens (tertiary/aromatic N) is 1. The molecule has 1 heterocycles. The van der Waals surface area contributed by atoms with Crippen molar-refractivity contribution in [1.82, 2.24) is 5.32 Å². The van der Waals surface area contributed by atoms with Gasteiger partial charge in [0.2, 0.25) is 11.8 Å². The van der Waals surface area contributed by atoms with Crippen molar-refractivity contribution in [1.29, 1.82) is 0 Å². The Kier molecular flexibility index (Phi) is 6.54. The quantitative estimate of drug-likeness (QED) is 0.592. The highest BCUT2D eigenvalue weighted by molar-refractivity contribution is 6.06. The van der Waals surface area contributed by atoms with Gasteiger partial charge in [-0.15, -0.1) is 0 Å². The van der Waals surface area contributed by atoms with Crippen LogP contribution in [0.25, 0.3) is 0 Å². The molecule has 0 bridgehead atoms. The molecule has 6 heteroatoms. The van der Waals surface area contributed by atoms with Crippen molar-refractivity contribution in [3.05, 3.63) is 95.6 Å². The SMILES string of the molecule is Cc1cccc(NC(=O)c2cccc(N3C[C@H](C(=O)N[C@H](C)c4ccccc4)CC3=O)c2)c1. The number of carbonyl (C=O) groups excluding carboxylic acids is 3. The third-order valence-corrected chi connectivity index (χ3v) is 5.85. The first-order valence-corrected chi connectivity index (χ1v) is 11.0. The third-order valence-electron chi connectivity index (χ3n) is 5.85. The van der Waals surface area contributed by atoms with Crippen molar-refractivity contribution in [2.45, 2.75) is 26.3 Å².